The molecule has 0 aliphatic carbocycles. The van der Waals surface area contributed by atoms with E-state index in [4.69, 9.17) is 0 Å². The van der Waals surface area contributed by atoms with Gasteiger partial charge in [0.05, 0.1) is 9.84 Å². The smallest absolute Gasteiger partial charge is 0.257 e. The van der Waals surface area contributed by atoms with E-state index < -0.39 is 9.84 Å². The fraction of sp³-hybridized carbons (Fsp3) is 0.462. The first-order valence-corrected chi connectivity index (χ1v) is 7.35. The molecule has 0 radical (unpaired) electrons. The molecule has 0 aliphatic rings. The van der Waals surface area contributed by atoms with Crippen molar-refractivity contribution >= 4 is 9.84 Å². The normalized spacial score (nSPS) is 10.9. The summed E-state index contributed by atoms with van der Waals surface area (Å²) in [4.78, 5) is 0.394. The van der Waals surface area contributed by atoms with Crippen LogP contribution in [0.4, 0.5) is 0 Å². The Kier molecular flexibility index (Phi) is 8.68. The fourth-order valence-corrected chi connectivity index (χ4v) is 2.72. The maximum Gasteiger partial charge on any atom is 1.00 e. The molecule has 0 saturated heterocycles. The molecule has 1 aromatic carbocycles. The molecular weight excluding hydrogens is 227 g/mol. The first kappa shape index (κ1) is 16.8. The molecule has 0 amide bonds. The summed E-state index contributed by atoms with van der Waals surface area (Å²) in [5.41, 5.74) is 0. The van der Waals surface area contributed by atoms with Gasteiger partial charge in [-0.25, -0.2) is 5.75 Å². The van der Waals surface area contributed by atoms with E-state index in [2.05, 4.69) is 6.92 Å². The van der Waals surface area contributed by atoms with Crippen molar-refractivity contribution in [2.75, 3.05) is 0 Å². The topological polar surface area (TPSA) is 34.1 Å². The van der Waals surface area contributed by atoms with E-state index >= 15 is 0 Å². The first-order chi connectivity index (χ1) is 7.67. The summed E-state index contributed by atoms with van der Waals surface area (Å²) in [7, 11) is -3.17. The van der Waals surface area contributed by atoms with E-state index in [1.165, 1.54) is 18.6 Å². The summed E-state index contributed by atoms with van der Waals surface area (Å²) in [5.74, 6) is 1.44. The number of rotatable bonds is 7. The zero-order chi connectivity index (χ0) is 11.9. The Bertz CT molecular complexity index is 387. The molecule has 0 saturated carbocycles. The van der Waals surface area contributed by atoms with E-state index in [-0.39, 0.29) is 18.9 Å². The third kappa shape index (κ3) is 6.31. The predicted molar refractivity (Wildman–Crippen MR) is 66.7 cm³/mol. The minimum Gasteiger partial charge on any atom is -0.257 e. The van der Waals surface area contributed by atoms with Crippen LogP contribution in [0.25, 0.3) is 0 Å². The molecular formula is C13H19LiO2S. The van der Waals surface area contributed by atoms with Crippen LogP contribution in [0.3, 0.4) is 0 Å². The van der Waals surface area contributed by atoms with Crippen LogP contribution >= 0.6 is 0 Å². The first-order valence-electron chi connectivity index (χ1n) is 5.80. The SMILES string of the molecule is CCCCCC[CH-]S(=O)(=O)c1ccccc1.[Li+]. The van der Waals surface area contributed by atoms with E-state index in [0.717, 1.165) is 12.8 Å². The van der Waals surface area contributed by atoms with Gasteiger partial charge in [0.15, 0.2) is 0 Å². The number of hydrogen-bond acceptors (Lipinski definition) is 2. The third-order valence-corrected chi connectivity index (χ3v) is 4.07. The number of sulfone groups is 1. The standard InChI is InChI=1S/C13H19O2S.Li/c1-2-3-4-5-9-12-16(14,15)13-10-7-6-8-11-13;/h6-8,10-12H,2-5,9H2,1H3;/q-1;+1. The van der Waals surface area contributed by atoms with Gasteiger partial charge in [0, 0.05) is 4.90 Å². The van der Waals surface area contributed by atoms with Gasteiger partial charge in [-0.1, -0.05) is 50.8 Å². The van der Waals surface area contributed by atoms with Crippen molar-refractivity contribution in [2.45, 2.75) is 43.9 Å². The van der Waals surface area contributed by atoms with Crippen molar-refractivity contribution in [3.8, 4) is 0 Å². The molecule has 0 unspecified atom stereocenters. The van der Waals surface area contributed by atoms with E-state index in [1.807, 2.05) is 6.07 Å². The van der Waals surface area contributed by atoms with Crippen LogP contribution in [-0.2, 0) is 9.84 Å². The summed E-state index contributed by atoms with van der Waals surface area (Å²) in [6, 6.07) is 8.59. The molecule has 0 aliphatic heterocycles. The molecule has 0 fully saturated rings. The second kappa shape index (κ2) is 8.80. The van der Waals surface area contributed by atoms with Gasteiger partial charge in [-0.3, -0.25) is 8.42 Å². The van der Waals surface area contributed by atoms with Crippen molar-refractivity contribution in [3.05, 3.63) is 36.1 Å². The van der Waals surface area contributed by atoms with Gasteiger partial charge in [-0.2, -0.15) is 6.42 Å². The average molecular weight is 246 g/mol. The quantitative estimate of drug-likeness (QED) is 0.401. The second-order valence-electron chi connectivity index (χ2n) is 3.87. The molecule has 1 aromatic rings. The van der Waals surface area contributed by atoms with Crippen LogP contribution < -0.4 is 18.9 Å². The van der Waals surface area contributed by atoms with Gasteiger partial charge in [0.25, 0.3) is 0 Å². The Balaban J connectivity index is 0.00000256. The fourth-order valence-electron chi connectivity index (χ4n) is 1.52. The summed E-state index contributed by atoms with van der Waals surface area (Å²) in [6.07, 6.45) is 5.07. The Morgan fingerprint density at radius 2 is 1.71 bits per heavy atom. The second-order valence-corrected chi connectivity index (χ2v) is 5.77. The van der Waals surface area contributed by atoms with Crippen LogP contribution in [0.15, 0.2) is 35.2 Å². The van der Waals surface area contributed by atoms with E-state index in [0.29, 0.717) is 11.3 Å². The van der Waals surface area contributed by atoms with Crippen molar-refractivity contribution < 1.29 is 27.3 Å². The van der Waals surface area contributed by atoms with Crippen molar-refractivity contribution in [1.29, 1.82) is 0 Å². The monoisotopic (exact) mass is 246 g/mol. The van der Waals surface area contributed by atoms with Gasteiger partial charge < -0.3 is 0 Å². The Labute approximate surface area is 117 Å². The van der Waals surface area contributed by atoms with E-state index in [1.54, 1.807) is 24.3 Å². The number of benzene rings is 1. The summed E-state index contributed by atoms with van der Waals surface area (Å²) in [6.45, 7) is 2.14. The number of hydrogen-bond donors (Lipinski definition) is 0. The molecule has 0 atom stereocenters. The molecule has 17 heavy (non-hydrogen) atoms. The Morgan fingerprint density at radius 3 is 2.29 bits per heavy atom. The molecule has 0 N–H and O–H groups in total. The third-order valence-electron chi connectivity index (χ3n) is 2.47. The molecule has 1 rings (SSSR count). The molecule has 0 heterocycles. The molecule has 2 nitrogen and oxygen atoms in total. The molecule has 90 valence electrons. The summed E-state index contributed by atoms with van der Waals surface area (Å²) >= 11 is 0. The zero-order valence-corrected chi connectivity index (χ0v) is 11.5. The van der Waals surface area contributed by atoms with Gasteiger partial charge in [-0.05, 0) is 12.1 Å². The molecule has 0 aromatic heterocycles. The summed E-state index contributed by atoms with van der Waals surface area (Å²) in [5, 5.41) is 0. The maximum absolute atomic E-state index is 11.8. The Hall–Kier alpha value is -0.233. The minimum atomic E-state index is -3.17. The van der Waals surface area contributed by atoms with Crippen LogP contribution in [0, 0.1) is 5.75 Å². The maximum atomic E-state index is 11.8. The largest absolute Gasteiger partial charge is 1.00 e. The van der Waals surface area contributed by atoms with Crippen molar-refractivity contribution in [2.24, 2.45) is 0 Å². The van der Waals surface area contributed by atoms with Crippen molar-refractivity contribution in [1.82, 2.24) is 0 Å². The van der Waals surface area contributed by atoms with Crippen molar-refractivity contribution in [3.63, 3.8) is 0 Å². The van der Waals surface area contributed by atoms with Gasteiger partial charge in [0.2, 0.25) is 0 Å². The Morgan fingerprint density at radius 1 is 1.06 bits per heavy atom. The molecule has 4 heteroatoms. The average Bonchev–Trinajstić information content (AvgIpc) is 2.30. The van der Waals surface area contributed by atoms with Gasteiger partial charge in [0.1, 0.15) is 0 Å². The van der Waals surface area contributed by atoms with Gasteiger partial charge in [-0.15, -0.1) is 0 Å². The van der Waals surface area contributed by atoms with E-state index in [9.17, 15) is 8.42 Å². The number of unbranched alkanes of at least 4 members (excludes halogenated alkanes) is 4. The van der Waals surface area contributed by atoms with Crippen LogP contribution in [0.2, 0.25) is 0 Å². The molecule has 0 spiro atoms. The van der Waals surface area contributed by atoms with Crippen LogP contribution in [0.5, 0.6) is 0 Å². The van der Waals surface area contributed by atoms with Crippen LogP contribution in [0.1, 0.15) is 39.0 Å². The molecule has 0 bridgehead atoms. The zero-order valence-electron chi connectivity index (χ0n) is 10.7. The summed E-state index contributed by atoms with van der Waals surface area (Å²) < 4.78 is 23.6. The minimum absolute atomic E-state index is 0. The predicted octanol–water partition coefficient (Wildman–Crippen LogP) is 0.596. The van der Waals surface area contributed by atoms with Gasteiger partial charge >= 0.3 is 18.9 Å². The van der Waals surface area contributed by atoms with Crippen LogP contribution in [-0.4, -0.2) is 8.42 Å².